The van der Waals surface area contributed by atoms with Crippen LogP contribution in [0.2, 0.25) is 9.36 Å². The molecule has 1 aliphatic rings. The predicted molar refractivity (Wildman–Crippen MR) is 118 cm³/mol. The molecule has 2 aromatic heterocycles. The van der Waals surface area contributed by atoms with Crippen LogP contribution >= 0.6 is 34.5 Å². The second-order valence-electron chi connectivity index (χ2n) is 6.48. The van der Waals surface area contributed by atoms with Gasteiger partial charge in [0.05, 0.1) is 21.4 Å². The molecule has 0 bridgehead atoms. The van der Waals surface area contributed by atoms with Gasteiger partial charge in [-0.3, -0.25) is 4.57 Å². The number of nitrogens with zero attached hydrogens (tertiary/aromatic N) is 4. The van der Waals surface area contributed by atoms with Crippen LogP contribution < -0.4 is 10.7 Å². The molecule has 8 nitrogen and oxygen atoms in total. The number of halogens is 2. The molecule has 156 valence electrons. The van der Waals surface area contributed by atoms with Gasteiger partial charge in [0, 0.05) is 10.8 Å². The summed E-state index contributed by atoms with van der Waals surface area (Å²) in [5.41, 5.74) is 0.421. The summed E-state index contributed by atoms with van der Waals surface area (Å²) in [4.78, 5) is 8.28. The monoisotopic (exact) mass is 492 g/mol. The largest absolute Gasteiger partial charge is 0.494 e. The predicted octanol–water partition coefficient (Wildman–Crippen LogP) is 3.41. The maximum Gasteiger partial charge on any atom is 0.295 e. The van der Waals surface area contributed by atoms with Crippen molar-refractivity contribution in [2.45, 2.75) is 4.21 Å². The summed E-state index contributed by atoms with van der Waals surface area (Å²) in [6.45, 7) is 0. The van der Waals surface area contributed by atoms with Gasteiger partial charge in [-0.15, -0.1) is 15.7 Å². The number of guanidine groups is 1. The highest BCUT2D eigenvalue weighted by Gasteiger charge is 2.21. The van der Waals surface area contributed by atoms with Crippen molar-refractivity contribution in [2.24, 2.45) is 14.4 Å². The molecule has 2 N–H and O–H groups in total. The van der Waals surface area contributed by atoms with E-state index in [1.165, 1.54) is 10.6 Å². The van der Waals surface area contributed by atoms with Gasteiger partial charge >= 0.3 is 0 Å². The van der Waals surface area contributed by atoms with Gasteiger partial charge in [-0.05, 0) is 36.4 Å². The van der Waals surface area contributed by atoms with Crippen molar-refractivity contribution in [1.29, 1.82) is 0 Å². The third-order valence-electron chi connectivity index (χ3n) is 4.57. The highest BCUT2D eigenvalue weighted by atomic mass is 35.5. The van der Waals surface area contributed by atoms with Crippen molar-refractivity contribution in [3.05, 3.63) is 68.6 Å². The fourth-order valence-corrected chi connectivity index (χ4v) is 5.92. The van der Waals surface area contributed by atoms with Crippen molar-refractivity contribution < 1.29 is 18.6 Å². The molecule has 0 saturated heterocycles. The molecule has 0 spiro atoms. The standard InChI is InChI=1S/C19H10Cl2N4O4S2/c20-12-8-15(30-16(12)21)31(28,29)24-19-22-13-6-5-9(7-14(13)23-19)25-17(26)10-3-1-2-4-11(10)18(25)27/h1-8,26-27H. The normalized spacial score (nSPS) is 14.6. The van der Waals surface area contributed by atoms with Gasteiger partial charge in [-0.25, -0.2) is 9.98 Å². The number of thiophene rings is 1. The number of hydrogen-bond donors (Lipinski definition) is 2. The lowest BCUT2D eigenvalue weighted by Crippen LogP contribution is -2.21. The molecule has 0 unspecified atom stereocenters. The van der Waals surface area contributed by atoms with Gasteiger partial charge in [-0.1, -0.05) is 35.3 Å². The van der Waals surface area contributed by atoms with E-state index in [9.17, 15) is 18.6 Å². The Morgan fingerprint density at radius 2 is 1.58 bits per heavy atom. The number of hydrogen-bond acceptors (Lipinski definition) is 5. The second-order valence-corrected chi connectivity index (χ2v) is 10.4. The summed E-state index contributed by atoms with van der Waals surface area (Å²) in [7, 11) is -4.09. The van der Waals surface area contributed by atoms with E-state index in [1.54, 1.807) is 42.5 Å². The van der Waals surface area contributed by atoms with Crippen LogP contribution in [0.4, 0.5) is 0 Å². The molecule has 5 rings (SSSR count). The molecule has 2 aromatic carbocycles. The minimum Gasteiger partial charge on any atom is -0.494 e. The van der Waals surface area contributed by atoms with E-state index in [0.717, 1.165) is 11.3 Å². The first-order valence-electron chi connectivity index (χ1n) is 8.64. The van der Waals surface area contributed by atoms with E-state index in [-0.39, 0.29) is 31.3 Å². The first kappa shape index (κ1) is 20.0. The van der Waals surface area contributed by atoms with Crippen LogP contribution in [0, 0.1) is 0 Å². The number of aromatic nitrogens is 1. The lowest BCUT2D eigenvalue weighted by atomic mass is 10.2. The highest BCUT2D eigenvalue weighted by Crippen LogP contribution is 2.38. The zero-order chi connectivity index (χ0) is 21.9. The molecule has 0 atom stereocenters. The van der Waals surface area contributed by atoms with Crippen LogP contribution in [0.25, 0.3) is 16.5 Å². The molecule has 1 aliphatic heterocycles. The van der Waals surface area contributed by atoms with Crippen LogP contribution in [0.5, 0.6) is 11.8 Å². The van der Waals surface area contributed by atoms with Gasteiger partial charge in [0.1, 0.15) is 8.55 Å². The van der Waals surface area contributed by atoms with Crippen molar-refractivity contribution in [3.8, 4) is 17.4 Å². The van der Waals surface area contributed by atoms with Crippen LogP contribution in [0.3, 0.4) is 0 Å². The van der Waals surface area contributed by atoms with E-state index in [4.69, 9.17) is 23.2 Å². The Hall–Kier alpha value is -2.92. The van der Waals surface area contributed by atoms with Crippen molar-refractivity contribution in [1.82, 2.24) is 4.57 Å². The molecule has 0 amide bonds. The Balaban J connectivity index is 1.60. The number of benzene rings is 2. The van der Waals surface area contributed by atoms with Crippen molar-refractivity contribution in [2.75, 3.05) is 0 Å². The van der Waals surface area contributed by atoms with Crippen LogP contribution in [0.1, 0.15) is 0 Å². The fraction of sp³-hybridized carbons (Fsp3) is 0. The van der Waals surface area contributed by atoms with E-state index in [2.05, 4.69) is 14.4 Å². The summed E-state index contributed by atoms with van der Waals surface area (Å²) in [5.74, 6) is -0.518. The molecule has 12 heteroatoms. The molecule has 0 saturated carbocycles. The van der Waals surface area contributed by atoms with Crippen molar-refractivity contribution in [3.63, 3.8) is 0 Å². The van der Waals surface area contributed by atoms with Gasteiger partial charge in [0.15, 0.2) is 0 Å². The lowest BCUT2D eigenvalue weighted by Gasteiger charge is -2.05. The Morgan fingerprint density at radius 1 is 0.935 bits per heavy atom. The molecule has 0 radical (unpaired) electrons. The summed E-state index contributed by atoms with van der Waals surface area (Å²) in [6.07, 6.45) is 0. The van der Waals surface area contributed by atoms with Gasteiger partial charge in [0.2, 0.25) is 11.8 Å². The molecular weight excluding hydrogens is 483 g/mol. The molecule has 3 heterocycles. The van der Waals surface area contributed by atoms with Crippen molar-refractivity contribution >= 4 is 61.3 Å². The minimum absolute atomic E-state index is 0.120. The van der Waals surface area contributed by atoms with Gasteiger partial charge < -0.3 is 10.2 Å². The Labute approximate surface area is 188 Å². The quantitative estimate of drug-likeness (QED) is 0.455. The summed E-state index contributed by atoms with van der Waals surface area (Å²) >= 11 is 12.5. The first-order valence-corrected chi connectivity index (χ1v) is 11.6. The Morgan fingerprint density at radius 3 is 2.19 bits per heavy atom. The second kappa shape index (κ2) is 7.06. The number of aromatic hydroxyl groups is 2. The highest BCUT2D eigenvalue weighted by molar-refractivity contribution is 7.92. The van der Waals surface area contributed by atoms with Crippen LogP contribution in [-0.2, 0) is 10.0 Å². The van der Waals surface area contributed by atoms with E-state index < -0.39 is 10.0 Å². The molecular formula is C19H10Cl2N4O4S2. The SMILES string of the molecule is O=S(=O)(N=C1N=c2ccc(-n3c(O)c4ccccc4c3O)cc2=N1)c1cc(Cl)c(Cl)s1. The number of rotatable bonds is 3. The molecule has 31 heavy (non-hydrogen) atoms. The third kappa shape index (κ3) is 3.28. The van der Waals surface area contributed by atoms with E-state index >= 15 is 0 Å². The maximum absolute atomic E-state index is 12.5. The molecule has 0 fully saturated rings. The van der Waals surface area contributed by atoms with E-state index in [0.29, 0.717) is 27.2 Å². The Bertz CT molecular complexity index is 1600. The average molecular weight is 493 g/mol. The average Bonchev–Trinajstić information content (AvgIpc) is 3.36. The van der Waals surface area contributed by atoms with Gasteiger partial charge in [0.25, 0.3) is 16.0 Å². The smallest absolute Gasteiger partial charge is 0.295 e. The van der Waals surface area contributed by atoms with Crippen LogP contribution in [0.15, 0.2) is 67.1 Å². The van der Waals surface area contributed by atoms with E-state index in [1.807, 2.05) is 0 Å². The molecule has 4 aromatic rings. The topological polar surface area (TPSA) is 117 Å². The summed E-state index contributed by atoms with van der Waals surface area (Å²) < 4.78 is 29.9. The lowest BCUT2D eigenvalue weighted by molar-refractivity contribution is 0.406. The molecule has 0 aliphatic carbocycles. The fourth-order valence-electron chi connectivity index (χ4n) is 3.18. The third-order valence-corrected chi connectivity index (χ3v) is 8.14. The first-order chi connectivity index (χ1) is 14.7. The minimum atomic E-state index is -4.09. The number of fused-ring (bicyclic) bond motifs is 2. The maximum atomic E-state index is 12.5. The Kier molecular flexibility index (Phi) is 4.56. The van der Waals surface area contributed by atoms with Gasteiger partial charge in [-0.2, -0.15) is 8.42 Å². The zero-order valence-electron chi connectivity index (χ0n) is 15.2. The summed E-state index contributed by atoms with van der Waals surface area (Å²) in [5, 5.41) is 22.9. The zero-order valence-corrected chi connectivity index (χ0v) is 18.3. The summed E-state index contributed by atoms with van der Waals surface area (Å²) in [6, 6.07) is 12.9. The van der Waals surface area contributed by atoms with Crippen LogP contribution in [-0.4, -0.2) is 29.2 Å². The number of sulfonamides is 1.